The van der Waals surface area contributed by atoms with Crippen LogP contribution in [0.15, 0.2) is 30.3 Å². The third kappa shape index (κ3) is 2.04. The van der Waals surface area contributed by atoms with Crippen LogP contribution in [0.3, 0.4) is 0 Å². The van der Waals surface area contributed by atoms with Gasteiger partial charge in [-0.2, -0.15) is 0 Å². The first-order valence-corrected chi connectivity index (χ1v) is 8.64. The molecule has 4 nitrogen and oxygen atoms in total. The second-order valence-electron chi connectivity index (χ2n) is 7.23. The third-order valence-electron chi connectivity index (χ3n) is 5.57. The van der Waals surface area contributed by atoms with Gasteiger partial charge in [-0.25, -0.2) is 0 Å². The van der Waals surface area contributed by atoms with E-state index in [-0.39, 0.29) is 0 Å². The van der Waals surface area contributed by atoms with Crippen molar-refractivity contribution in [1.82, 2.24) is 14.8 Å². The maximum Gasteiger partial charge on any atom is 0.227 e. The molecular weight excluding hydrogens is 272 g/mol. The summed E-state index contributed by atoms with van der Waals surface area (Å²) in [5, 5.41) is 9.18. The number of rotatable bonds is 4. The van der Waals surface area contributed by atoms with Crippen LogP contribution in [0.2, 0.25) is 0 Å². The molecule has 22 heavy (non-hydrogen) atoms. The Kier molecular flexibility index (Phi) is 2.79. The van der Waals surface area contributed by atoms with Gasteiger partial charge in [0.1, 0.15) is 0 Å². The van der Waals surface area contributed by atoms with Crippen molar-refractivity contribution in [3.8, 4) is 11.4 Å². The fourth-order valence-electron chi connectivity index (χ4n) is 4.20. The van der Waals surface area contributed by atoms with E-state index in [1.54, 1.807) is 0 Å². The largest absolute Gasteiger partial charge is 0.338 e. The summed E-state index contributed by atoms with van der Waals surface area (Å²) in [5.74, 6) is 3.89. The van der Waals surface area contributed by atoms with Gasteiger partial charge in [-0.3, -0.25) is 4.57 Å². The molecule has 2 unspecified atom stereocenters. The van der Waals surface area contributed by atoms with Crippen LogP contribution >= 0.6 is 0 Å². The maximum absolute atomic E-state index is 4.61. The molecule has 2 bridgehead atoms. The lowest BCUT2D eigenvalue weighted by Gasteiger charge is -2.28. The lowest BCUT2D eigenvalue weighted by molar-refractivity contribution is 0.530. The summed E-state index contributed by atoms with van der Waals surface area (Å²) < 4.78 is 2.40. The van der Waals surface area contributed by atoms with Gasteiger partial charge < -0.3 is 4.90 Å². The standard InChI is InChI=1S/C18H22N4/c1-2-4-15(5-3-1)17-19-20-18(22(17)11-13-6-7-13)21-12-14-8-9-16(21)10-14/h1-5,13-14,16H,6-12H2. The van der Waals surface area contributed by atoms with Crippen molar-refractivity contribution in [1.29, 1.82) is 0 Å². The average Bonchev–Trinajstić information content (AvgIpc) is 2.97. The lowest BCUT2D eigenvalue weighted by Crippen LogP contribution is -2.34. The molecule has 2 atom stereocenters. The molecule has 0 N–H and O–H groups in total. The monoisotopic (exact) mass is 294 g/mol. The van der Waals surface area contributed by atoms with Crippen molar-refractivity contribution in [3.63, 3.8) is 0 Å². The van der Waals surface area contributed by atoms with E-state index in [0.29, 0.717) is 6.04 Å². The van der Waals surface area contributed by atoms with E-state index in [4.69, 9.17) is 0 Å². The van der Waals surface area contributed by atoms with Gasteiger partial charge in [0.15, 0.2) is 5.82 Å². The van der Waals surface area contributed by atoms with E-state index in [1.807, 2.05) is 0 Å². The van der Waals surface area contributed by atoms with Crippen molar-refractivity contribution in [3.05, 3.63) is 30.3 Å². The summed E-state index contributed by atoms with van der Waals surface area (Å²) in [5.41, 5.74) is 1.19. The van der Waals surface area contributed by atoms with Crippen molar-refractivity contribution in [2.24, 2.45) is 11.8 Å². The highest BCUT2D eigenvalue weighted by molar-refractivity contribution is 5.58. The topological polar surface area (TPSA) is 34.0 Å². The van der Waals surface area contributed by atoms with Gasteiger partial charge in [0.25, 0.3) is 0 Å². The molecule has 1 aliphatic heterocycles. The molecule has 2 aliphatic carbocycles. The second-order valence-corrected chi connectivity index (χ2v) is 7.23. The molecular formula is C18H22N4. The number of hydrogen-bond donors (Lipinski definition) is 0. The predicted octanol–water partition coefficient (Wildman–Crippen LogP) is 3.34. The van der Waals surface area contributed by atoms with Crippen LogP contribution in [0.25, 0.3) is 11.4 Å². The van der Waals surface area contributed by atoms with E-state index in [0.717, 1.165) is 30.2 Å². The highest BCUT2D eigenvalue weighted by Crippen LogP contribution is 2.41. The van der Waals surface area contributed by atoms with Gasteiger partial charge in [0.2, 0.25) is 5.95 Å². The van der Waals surface area contributed by atoms with Gasteiger partial charge in [-0.1, -0.05) is 30.3 Å². The zero-order valence-electron chi connectivity index (χ0n) is 12.9. The first-order chi connectivity index (χ1) is 10.9. The van der Waals surface area contributed by atoms with Crippen molar-refractivity contribution in [2.45, 2.75) is 44.7 Å². The van der Waals surface area contributed by atoms with E-state index in [9.17, 15) is 0 Å². The smallest absolute Gasteiger partial charge is 0.227 e. The number of piperidine rings is 1. The van der Waals surface area contributed by atoms with Crippen LogP contribution in [0, 0.1) is 11.8 Å². The highest BCUT2D eigenvalue weighted by Gasteiger charge is 2.40. The first-order valence-electron chi connectivity index (χ1n) is 8.64. The summed E-state index contributed by atoms with van der Waals surface area (Å²) in [6.45, 7) is 2.27. The number of anilines is 1. The Labute approximate surface area is 131 Å². The average molecular weight is 294 g/mol. The zero-order valence-corrected chi connectivity index (χ0v) is 12.9. The number of fused-ring (bicyclic) bond motifs is 2. The number of aromatic nitrogens is 3. The molecule has 4 heteroatoms. The van der Waals surface area contributed by atoms with Gasteiger partial charge in [0, 0.05) is 24.7 Å². The minimum atomic E-state index is 0.704. The highest BCUT2D eigenvalue weighted by atomic mass is 15.4. The number of nitrogens with zero attached hydrogens (tertiary/aromatic N) is 4. The molecule has 2 saturated carbocycles. The van der Waals surface area contributed by atoms with Crippen LogP contribution in [0.5, 0.6) is 0 Å². The van der Waals surface area contributed by atoms with Crippen LogP contribution in [-0.2, 0) is 6.54 Å². The normalized spacial score (nSPS) is 26.8. The summed E-state index contributed by atoms with van der Waals surface area (Å²) in [7, 11) is 0. The van der Waals surface area contributed by atoms with Crippen molar-refractivity contribution < 1.29 is 0 Å². The number of hydrogen-bond acceptors (Lipinski definition) is 3. The van der Waals surface area contributed by atoms with Crippen molar-refractivity contribution >= 4 is 5.95 Å². The minimum Gasteiger partial charge on any atom is -0.338 e. The van der Waals surface area contributed by atoms with E-state index < -0.39 is 0 Å². The SMILES string of the molecule is c1ccc(-c2nnc(N3CC4CCC3C4)n2CC2CC2)cc1. The molecule has 5 rings (SSSR count). The van der Waals surface area contributed by atoms with E-state index >= 15 is 0 Å². The zero-order chi connectivity index (χ0) is 14.5. The fraction of sp³-hybridized carbons (Fsp3) is 0.556. The van der Waals surface area contributed by atoms with Crippen molar-refractivity contribution in [2.75, 3.05) is 11.4 Å². The predicted molar refractivity (Wildman–Crippen MR) is 86.7 cm³/mol. The van der Waals surface area contributed by atoms with Gasteiger partial charge >= 0.3 is 0 Å². The Hall–Kier alpha value is -1.84. The third-order valence-corrected chi connectivity index (χ3v) is 5.57. The molecule has 114 valence electrons. The van der Waals surface area contributed by atoms with Gasteiger partial charge in [0.05, 0.1) is 0 Å². The van der Waals surface area contributed by atoms with Crippen LogP contribution < -0.4 is 4.90 Å². The molecule has 0 spiro atoms. The summed E-state index contributed by atoms with van der Waals surface area (Å²) >= 11 is 0. The summed E-state index contributed by atoms with van der Waals surface area (Å²) in [6.07, 6.45) is 6.82. The number of benzene rings is 1. The summed E-state index contributed by atoms with van der Waals surface area (Å²) in [6, 6.07) is 11.2. The molecule has 1 saturated heterocycles. The Morgan fingerprint density at radius 3 is 2.55 bits per heavy atom. The second kappa shape index (κ2) is 4.83. The van der Waals surface area contributed by atoms with Gasteiger partial charge in [-0.15, -0.1) is 10.2 Å². The minimum absolute atomic E-state index is 0.704. The van der Waals surface area contributed by atoms with Crippen LogP contribution in [0.1, 0.15) is 32.1 Å². The molecule has 3 fully saturated rings. The maximum atomic E-state index is 4.61. The Balaban J connectivity index is 1.55. The molecule has 1 aromatic heterocycles. The molecule has 0 amide bonds. The molecule has 3 aliphatic rings. The molecule has 2 heterocycles. The lowest BCUT2D eigenvalue weighted by atomic mass is 10.1. The Morgan fingerprint density at radius 1 is 1.00 bits per heavy atom. The Bertz CT molecular complexity index is 674. The first kappa shape index (κ1) is 12.7. The quantitative estimate of drug-likeness (QED) is 0.867. The van der Waals surface area contributed by atoms with E-state index in [2.05, 4.69) is 50.0 Å². The molecule has 1 aromatic carbocycles. The molecule has 0 radical (unpaired) electrons. The molecule has 2 aromatic rings. The van der Waals surface area contributed by atoms with E-state index in [1.165, 1.54) is 44.2 Å². The Morgan fingerprint density at radius 2 is 1.86 bits per heavy atom. The van der Waals surface area contributed by atoms with Crippen LogP contribution in [-0.4, -0.2) is 27.4 Å². The van der Waals surface area contributed by atoms with Crippen LogP contribution in [0.4, 0.5) is 5.95 Å². The fourth-order valence-corrected chi connectivity index (χ4v) is 4.20. The van der Waals surface area contributed by atoms with Gasteiger partial charge in [-0.05, 0) is 43.9 Å². The summed E-state index contributed by atoms with van der Waals surface area (Å²) in [4.78, 5) is 2.54.